The van der Waals surface area contributed by atoms with Gasteiger partial charge in [0, 0.05) is 17.6 Å². The van der Waals surface area contributed by atoms with Gasteiger partial charge in [-0.1, -0.05) is 11.6 Å². The average molecular weight is 359 g/mol. The number of aliphatic carboxylic acids is 1. The lowest BCUT2D eigenvalue weighted by Gasteiger charge is -2.32. The van der Waals surface area contributed by atoms with E-state index >= 15 is 0 Å². The van der Waals surface area contributed by atoms with Crippen molar-refractivity contribution in [1.82, 2.24) is 4.90 Å². The second-order valence-electron chi connectivity index (χ2n) is 5.09. The molecule has 0 aliphatic carbocycles. The van der Waals surface area contributed by atoms with Crippen LogP contribution in [0.3, 0.4) is 0 Å². The molecule has 1 unspecified atom stereocenters. The Morgan fingerprint density at radius 3 is 2.83 bits per heavy atom. The number of benzene rings is 1. The number of amides is 1. The molecule has 0 radical (unpaired) electrons. The molecule has 1 fully saturated rings. The monoisotopic (exact) mass is 358 g/mol. The first-order valence-corrected chi connectivity index (χ1v) is 8.35. The van der Waals surface area contributed by atoms with E-state index in [1.165, 1.54) is 23.1 Å². The summed E-state index contributed by atoms with van der Waals surface area (Å²) in [5.74, 6) is -1.39. The van der Waals surface area contributed by atoms with Gasteiger partial charge in [0.1, 0.15) is 6.04 Å². The average Bonchev–Trinajstić information content (AvgIpc) is 2.53. The largest absolute Gasteiger partial charge is 0.480 e. The molecule has 7 nitrogen and oxygen atoms in total. The molecule has 1 aliphatic heterocycles. The second kappa shape index (κ2) is 7.65. The minimum atomic E-state index is -1.01. The lowest BCUT2D eigenvalue weighted by molar-refractivity contribution is -0.387. The van der Waals surface area contributed by atoms with Crippen LogP contribution in [0.25, 0.3) is 0 Å². The standard InChI is InChI=1S/C14H15ClN2O5S/c15-9-4-5-12(11(7-9)17(21)22)23-8-13(18)16-6-2-1-3-10(16)14(19)20/h4-5,7,10H,1-3,6,8H2,(H,19,20). The Labute approximate surface area is 141 Å². The van der Waals surface area contributed by atoms with Crippen LogP contribution in [0.1, 0.15) is 19.3 Å². The highest BCUT2D eigenvalue weighted by Crippen LogP contribution is 2.32. The fraction of sp³-hybridized carbons (Fsp3) is 0.429. The van der Waals surface area contributed by atoms with E-state index in [0.717, 1.165) is 24.6 Å². The topological polar surface area (TPSA) is 101 Å². The van der Waals surface area contributed by atoms with Gasteiger partial charge in [-0.15, -0.1) is 11.8 Å². The summed E-state index contributed by atoms with van der Waals surface area (Å²) in [4.78, 5) is 35.6. The number of hydrogen-bond acceptors (Lipinski definition) is 5. The zero-order valence-corrected chi connectivity index (χ0v) is 13.7. The van der Waals surface area contributed by atoms with Crippen molar-refractivity contribution in [2.75, 3.05) is 12.3 Å². The Hall–Kier alpha value is -1.80. The van der Waals surface area contributed by atoms with Gasteiger partial charge in [-0.05, 0) is 31.4 Å². The van der Waals surface area contributed by atoms with Gasteiger partial charge in [-0.25, -0.2) is 4.79 Å². The molecule has 9 heteroatoms. The van der Waals surface area contributed by atoms with Crippen molar-refractivity contribution in [1.29, 1.82) is 0 Å². The first-order chi connectivity index (χ1) is 10.9. The number of carbonyl (C=O) groups excluding carboxylic acids is 1. The van der Waals surface area contributed by atoms with Gasteiger partial charge in [-0.2, -0.15) is 0 Å². The molecule has 23 heavy (non-hydrogen) atoms. The predicted octanol–water partition coefficient (Wildman–Crippen LogP) is 2.81. The van der Waals surface area contributed by atoms with Gasteiger partial charge in [0.05, 0.1) is 15.6 Å². The fourth-order valence-corrected chi connectivity index (χ4v) is 3.52. The number of nitro groups is 1. The number of rotatable bonds is 5. The number of likely N-dealkylation sites (tertiary alicyclic amines) is 1. The maximum atomic E-state index is 12.3. The molecular weight excluding hydrogens is 344 g/mol. The third kappa shape index (κ3) is 4.35. The van der Waals surface area contributed by atoms with E-state index < -0.39 is 16.9 Å². The summed E-state index contributed by atoms with van der Waals surface area (Å²) in [7, 11) is 0. The van der Waals surface area contributed by atoms with Crippen molar-refractivity contribution in [2.24, 2.45) is 0 Å². The van der Waals surface area contributed by atoms with E-state index in [1.807, 2.05) is 0 Å². The van der Waals surface area contributed by atoms with Gasteiger partial charge < -0.3 is 10.0 Å². The minimum absolute atomic E-state index is 0.0494. The SMILES string of the molecule is O=C(O)C1CCCCN1C(=O)CSc1ccc(Cl)cc1[N+](=O)[O-]. The summed E-state index contributed by atoms with van der Waals surface area (Å²) in [5, 5.41) is 20.5. The number of nitrogens with zero attached hydrogens (tertiary/aromatic N) is 2. The second-order valence-corrected chi connectivity index (χ2v) is 6.55. The number of nitro benzene ring substituents is 1. The molecule has 1 aromatic carbocycles. The summed E-state index contributed by atoms with van der Waals surface area (Å²) in [5.41, 5.74) is -0.163. The highest BCUT2D eigenvalue weighted by Gasteiger charge is 2.32. The van der Waals surface area contributed by atoms with Crippen molar-refractivity contribution >= 4 is 40.9 Å². The summed E-state index contributed by atoms with van der Waals surface area (Å²) in [6.07, 6.45) is 1.98. The van der Waals surface area contributed by atoms with E-state index in [4.69, 9.17) is 11.6 Å². The number of halogens is 1. The van der Waals surface area contributed by atoms with E-state index in [2.05, 4.69) is 0 Å². The number of thioether (sulfide) groups is 1. The summed E-state index contributed by atoms with van der Waals surface area (Å²) in [6, 6.07) is 3.43. The summed E-state index contributed by atoms with van der Waals surface area (Å²) in [6.45, 7) is 0.402. The van der Waals surface area contributed by atoms with Crippen LogP contribution in [0.2, 0.25) is 5.02 Å². The Balaban J connectivity index is 2.07. The molecule has 124 valence electrons. The van der Waals surface area contributed by atoms with Crippen LogP contribution in [0, 0.1) is 10.1 Å². The molecule has 1 saturated heterocycles. The molecule has 1 amide bonds. The smallest absolute Gasteiger partial charge is 0.326 e. The highest BCUT2D eigenvalue weighted by atomic mass is 35.5. The van der Waals surface area contributed by atoms with Crippen molar-refractivity contribution < 1.29 is 19.6 Å². The van der Waals surface area contributed by atoms with Crippen LogP contribution in [-0.4, -0.2) is 45.1 Å². The molecular formula is C14H15ClN2O5S. The van der Waals surface area contributed by atoms with E-state index in [9.17, 15) is 24.8 Å². The van der Waals surface area contributed by atoms with Gasteiger partial charge in [0.2, 0.25) is 5.91 Å². The van der Waals surface area contributed by atoms with Crippen LogP contribution in [0.5, 0.6) is 0 Å². The molecule has 1 aliphatic rings. The van der Waals surface area contributed by atoms with Crippen molar-refractivity contribution in [3.63, 3.8) is 0 Å². The van der Waals surface area contributed by atoms with Crippen LogP contribution < -0.4 is 0 Å². The molecule has 0 aromatic heterocycles. The number of carbonyl (C=O) groups is 2. The van der Waals surface area contributed by atoms with Gasteiger partial charge in [-0.3, -0.25) is 14.9 Å². The first-order valence-electron chi connectivity index (χ1n) is 6.99. The number of piperidine rings is 1. The molecule has 1 N–H and O–H groups in total. The normalized spacial score (nSPS) is 17.8. The lowest BCUT2D eigenvalue weighted by atomic mass is 10.0. The quantitative estimate of drug-likeness (QED) is 0.493. The summed E-state index contributed by atoms with van der Waals surface area (Å²) < 4.78 is 0. The van der Waals surface area contributed by atoms with Gasteiger partial charge in [0.15, 0.2) is 0 Å². The molecule has 1 atom stereocenters. The molecule has 0 bridgehead atoms. The first kappa shape index (κ1) is 17.6. The molecule has 1 aromatic rings. The van der Waals surface area contributed by atoms with Crippen molar-refractivity contribution in [2.45, 2.75) is 30.2 Å². The van der Waals surface area contributed by atoms with Crippen LogP contribution in [0.15, 0.2) is 23.1 Å². The van der Waals surface area contributed by atoms with Crippen LogP contribution in [0.4, 0.5) is 5.69 Å². The van der Waals surface area contributed by atoms with E-state index in [-0.39, 0.29) is 22.4 Å². The molecule has 0 spiro atoms. The van der Waals surface area contributed by atoms with Gasteiger partial charge in [0.25, 0.3) is 5.69 Å². The Morgan fingerprint density at radius 1 is 1.43 bits per heavy atom. The molecule has 1 heterocycles. The number of hydrogen-bond donors (Lipinski definition) is 1. The minimum Gasteiger partial charge on any atom is -0.480 e. The third-order valence-electron chi connectivity index (χ3n) is 3.58. The van der Waals surface area contributed by atoms with E-state index in [0.29, 0.717) is 17.9 Å². The van der Waals surface area contributed by atoms with Crippen LogP contribution in [-0.2, 0) is 9.59 Å². The maximum Gasteiger partial charge on any atom is 0.326 e. The van der Waals surface area contributed by atoms with Gasteiger partial charge >= 0.3 is 5.97 Å². The Morgan fingerprint density at radius 2 is 2.17 bits per heavy atom. The zero-order chi connectivity index (χ0) is 17.0. The predicted molar refractivity (Wildman–Crippen MR) is 85.8 cm³/mol. The van der Waals surface area contributed by atoms with Crippen molar-refractivity contribution in [3.8, 4) is 0 Å². The number of carboxylic acids is 1. The van der Waals surface area contributed by atoms with Crippen LogP contribution >= 0.6 is 23.4 Å². The molecule has 2 rings (SSSR count). The lowest BCUT2D eigenvalue weighted by Crippen LogP contribution is -2.48. The fourth-order valence-electron chi connectivity index (χ4n) is 2.46. The summed E-state index contributed by atoms with van der Waals surface area (Å²) >= 11 is 6.76. The maximum absolute atomic E-state index is 12.3. The highest BCUT2D eigenvalue weighted by molar-refractivity contribution is 8.00. The van der Waals surface area contributed by atoms with Crippen molar-refractivity contribution in [3.05, 3.63) is 33.3 Å². The van der Waals surface area contributed by atoms with E-state index in [1.54, 1.807) is 0 Å². The number of carboxylic acid groups (broad SMARTS) is 1. The third-order valence-corrected chi connectivity index (χ3v) is 4.86. The molecule has 0 saturated carbocycles. The Kier molecular flexibility index (Phi) is 5.84. The zero-order valence-electron chi connectivity index (χ0n) is 12.1. The Bertz CT molecular complexity index is 640.